The Labute approximate surface area is 116 Å². The van der Waals surface area contributed by atoms with E-state index in [-0.39, 0.29) is 5.91 Å². The Kier molecular flexibility index (Phi) is 4.06. The molecule has 6 heteroatoms. The number of carbonyl (C=O) groups excluding carboxylic acids is 1. The summed E-state index contributed by atoms with van der Waals surface area (Å²) in [5.41, 5.74) is 6.46. The van der Waals surface area contributed by atoms with E-state index in [1.54, 1.807) is 24.4 Å². The first kappa shape index (κ1) is 13.4. The summed E-state index contributed by atoms with van der Waals surface area (Å²) in [6, 6.07) is 5.01. The van der Waals surface area contributed by atoms with Gasteiger partial charge in [0, 0.05) is 32.4 Å². The molecule has 5 nitrogen and oxygen atoms in total. The van der Waals surface area contributed by atoms with E-state index in [0.29, 0.717) is 29.2 Å². The highest BCUT2D eigenvalue weighted by molar-refractivity contribution is 6.33. The van der Waals surface area contributed by atoms with Crippen molar-refractivity contribution >= 4 is 23.2 Å². The van der Waals surface area contributed by atoms with Gasteiger partial charge in [0.05, 0.1) is 16.3 Å². The van der Waals surface area contributed by atoms with E-state index >= 15 is 0 Å². The first-order valence-electron chi connectivity index (χ1n) is 5.88. The van der Waals surface area contributed by atoms with Gasteiger partial charge in [0.25, 0.3) is 5.91 Å². The summed E-state index contributed by atoms with van der Waals surface area (Å²) in [5, 5.41) is 3.19. The van der Waals surface area contributed by atoms with Crippen LogP contribution < -0.4 is 11.1 Å². The molecule has 1 heterocycles. The highest BCUT2D eigenvalue weighted by atomic mass is 35.5. The van der Waals surface area contributed by atoms with Gasteiger partial charge in [-0.25, -0.2) is 4.98 Å². The van der Waals surface area contributed by atoms with Crippen molar-refractivity contribution in [2.45, 2.75) is 6.42 Å². The van der Waals surface area contributed by atoms with Crippen LogP contribution in [0.3, 0.4) is 0 Å². The number of carbonyl (C=O) groups is 1. The van der Waals surface area contributed by atoms with Crippen LogP contribution in [0.2, 0.25) is 5.02 Å². The molecule has 1 aromatic carbocycles. The minimum atomic E-state index is -0.228. The van der Waals surface area contributed by atoms with Crippen molar-refractivity contribution in [1.82, 2.24) is 14.9 Å². The van der Waals surface area contributed by atoms with Crippen LogP contribution in [-0.2, 0) is 13.5 Å². The van der Waals surface area contributed by atoms with Gasteiger partial charge >= 0.3 is 0 Å². The van der Waals surface area contributed by atoms with Gasteiger partial charge in [0.2, 0.25) is 0 Å². The number of imidazole rings is 1. The largest absolute Gasteiger partial charge is 0.397 e. The van der Waals surface area contributed by atoms with E-state index in [1.807, 2.05) is 17.8 Å². The van der Waals surface area contributed by atoms with Crippen molar-refractivity contribution < 1.29 is 4.79 Å². The van der Waals surface area contributed by atoms with Gasteiger partial charge in [0.15, 0.2) is 0 Å². The lowest BCUT2D eigenvalue weighted by molar-refractivity contribution is 0.0955. The number of hydrogen-bond acceptors (Lipinski definition) is 3. The summed E-state index contributed by atoms with van der Waals surface area (Å²) in [6.07, 6.45) is 4.26. The molecular formula is C13H15ClN4O. The van der Waals surface area contributed by atoms with E-state index in [1.165, 1.54) is 0 Å². The highest BCUT2D eigenvalue weighted by Crippen LogP contribution is 2.22. The molecule has 0 saturated heterocycles. The molecule has 2 aromatic rings. The zero-order valence-electron chi connectivity index (χ0n) is 10.6. The van der Waals surface area contributed by atoms with Crippen LogP contribution in [0, 0.1) is 0 Å². The van der Waals surface area contributed by atoms with Gasteiger partial charge in [-0.2, -0.15) is 0 Å². The third-order valence-electron chi connectivity index (χ3n) is 2.85. The minimum Gasteiger partial charge on any atom is -0.397 e. The second kappa shape index (κ2) is 5.75. The lowest BCUT2D eigenvalue weighted by Gasteiger charge is -2.08. The number of aryl methyl sites for hydroxylation is 1. The molecule has 0 bridgehead atoms. The number of aromatic nitrogens is 2. The van der Waals surface area contributed by atoms with E-state index in [2.05, 4.69) is 10.3 Å². The molecule has 1 aromatic heterocycles. The minimum absolute atomic E-state index is 0.228. The molecule has 0 aliphatic heterocycles. The molecule has 100 valence electrons. The van der Waals surface area contributed by atoms with Gasteiger partial charge in [-0.3, -0.25) is 4.79 Å². The predicted octanol–water partition coefficient (Wildman–Crippen LogP) is 1.63. The fourth-order valence-electron chi connectivity index (χ4n) is 1.76. The molecule has 2 rings (SSSR count). The fourth-order valence-corrected chi connectivity index (χ4v) is 1.93. The van der Waals surface area contributed by atoms with Gasteiger partial charge < -0.3 is 15.6 Å². The number of nitrogen functional groups attached to an aromatic ring is 1. The molecule has 1 amide bonds. The van der Waals surface area contributed by atoms with Crippen molar-refractivity contribution in [2.24, 2.45) is 7.05 Å². The van der Waals surface area contributed by atoms with E-state index in [4.69, 9.17) is 17.3 Å². The van der Waals surface area contributed by atoms with Crippen LogP contribution >= 0.6 is 11.6 Å². The highest BCUT2D eigenvalue weighted by Gasteiger charge is 2.11. The zero-order chi connectivity index (χ0) is 13.8. The molecule has 19 heavy (non-hydrogen) atoms. The van der Waals surface area contributed by atoms with E-state index in [0.717, 1.165) is 5.82 Å². The van der Waals surface area contributed by atoms with Gasteiger partial charge in [-0.1, -0.05) is 17.7 Å². The maximum atomic E-state index is 12.0. The molecule has 0 fully saturated rings. The smallest absolute Gasteiger partial charge is 0.253 e. The summed E-state index contributed by atoms with van der Waals surface area (Å²) in [7, 11) is 1.92. The maximum absolute atomic E-state index is 12.0. The van der Waals surface area contributed by atoms with Crippen molar-refractivity contribution in [2.75, 3.05) is 12.3 Å². The van der Waals surface area contributed by atoms with Crippen molar-refractivity contribution in [3.63, 3.8) is 0 Å². The summed E-state index contributed by atoms with van der Waals surface area (Å²) < 4.78 is 1.92. The number of anilines is 1. The summed E-state index contributed by atoms with van der Waals surface area (Å²) in [5.74, 6) is 0.688. The molecule has 0 aliphatic rings. The van der Waals surface area contributed by atoms with Crippen LogP contribution in [0.1, 0.15) is 16.2 Å². The number of nitrogens with two attached hydrogens (primary N) is 1. The van der Waals surface area contributed by atoms with Crippen molar-refractivity contribution in [3.05, 3.63) is 47.0 Å². The fraction of sp³-hybridized carbons (Fsp3) is 0.231. The SMILES string of the molecule is Cn1ccnc1CCNC(=O)c1cccc(Cl)c1N. The van der Waals surface area contributed by atoms with Gasteiger partial charge in [-0.05, 0) is 12.1 Å². The van der Waals surface area contributed by atoms with Crippen LogP contribution in [0.5, 0.6) is 0 Å². The third kappa shape index (κ3) is 3.06. The first-order valence-corrected chi connectivity index (χ1v) is 6.26. The number of rotatable bonds is 4. The van der Waals surface area contributed by atoms with Crippen LogP contribution in [0.15, 0.2) is 30.6 Å². The Morgan fingerprint density at radius 2 is 2.32 bits per heavy atom. The first-order chi connectivity index (χ1) is 9.09. The molecule has 0 spiro atoms. The number of amides is 1. The Hall–Kier alpha value is -2.01. The molecule has 0 atom stereocenters. The quantitative estimate of drug-likeness (QED) is 0.835. The van der Waals surface area contributed by atoms with Crippen LogP contribution in [0.25, 0.3) is 0 Å². The number of nitrogens with one attached hydrogen (secondary N) is 1. The average Bonchev–Trinajstić information content (AvgIpc) is 2.78. The zero-order valence-corrected chi connectivity index (χ0v) is 11.3. The number of hydrogen-bond donors (Lipinski definition) is 2. The predicted molar refractivity (Wildman–Crippen MR) is 75.1 cm³/mol. The average molecular weight is 279 g/mol. The lowest BCUT2D eigenvalue weighted by Crippen LogP contribution is -2.27. The molecule has 0 saturated carbocycles. The number of para-hydroxylation sites is 1. The normalized spacial score (nSPS) is 10.4. The number of halogens is 1. The van der Waals surface area contributed by atoms with E-state index in [9.17, 15) is 4.79 Å². The maximum Gasteiger partial charge on any atom is 0.253 e. The monoisotopic (exact) mass is 278 g/mol. The van der Waals surface area contributed by atoms with Gasteiger partial charge in [-0.15, -0.1) is 0 Å². The van der Waals surface area contributed by atoms with Crippen LogP contribution in [-0.4, -0.2) is 22.0 Å². The Morgan fingerprint density at radius 3 is 3.00 bits per heavy atom. The molecule has 3 N–H and O–H groups in total. The molecule has 0 unspecified atom stereocenters. The standard InChI is InChI=1S/C13H15ClN4O/c1-18-8-7-16-11(18)5-6-17-13(19)9-3-2-4-10(14)12(9)15/h2-4,7-8H,5-6,15H2,1H3,(H,17,19). The number of benzene rings is 1. The third-order valence-corrected chi connectivity index (χ3v) is 3.18. The summed E-state index contributed by atoms with van der Waals surface area (Å²) >= 11 is 5.88. The van der Waals surface area contributed by atoms with Crippen molar-refractivity contribution in [3.8, 4) is 0 Å². The molecule has 0 radical (unpaired) electrons. The Bertz CT molecular complexity index is 594. The Morgan fingerprint density at radius 1 is 1.53 bits per heavy atom. The van der Waals surface area contributed by atoms with E-state index < -0.39 is 0 Å². The summed E-state index contributed by atoms with van der Waals surface area (Å²) in [6.45, 7) is 0.496. The number of nitrogens with zero attached hydrogens (tertiary/aromatic N) is 2. The topological polar surface area (TPSA) is 72.9 Å². The second-order valence-corrected chi connectivity index (χ2v) is 4.57. The molecule has 0 aliphatic carbocycles. The van der Waals surface area contributed by atoms with Crippen LogP contribution in [0.4, 0.5) is 5.69 Å². The molecular weight excluding hydrogens is 264 g/mol. The van der Waals surface area contributed by atoms with Crippen molar-refractivity contribution in [1.29, 1.82) is 0 Å². The summed E-state index contributed by atoms with van der Waals surface area (Å²) in [4.78, 5) is 16.1. The lowest BCUT2D eigenvalue weighted by atomic mass is 10.1. The Balaban J connectivity index is 1.95. The van der Waals surface area contributed by atoms with Gasteiger partial charge in [0.1, 0.15) is 5.82 Å². The second-order valence-electron chi connectivity index (χ2n) is 4.16.